The Morgan fingerprint density at radius 3 is 2.46 bits per heavy atom. The normalized spacial score (nSPS) is 17.8. The number of hydrogen-bond donors (Lipinski definition) is 3. The van der Waals surface area contributed by atoms with Crippen LogP contribution in [0.3, 0.4) is 0 Å². The third kappa shape index (κ3) is 5.73. The number of carbonyl (C=O) groups excluding carboxylic acids is 2. The number of carbonyl (C=O) groups is 2. The first-order chi connectivity index (χ1) is 11.6. The fourth-order valence-electron chi connectivity index (χ4n) is 2.78. The lowest BCUT2D eigenvalue weighted by Crippen LogP contribution is -2.43. The molecule has 1 aromatic rings. The minimum Gasteiger partial charge on any atom is -0.453 e. The topological polar surface area (TPSA) is 82.7 Å². The fourth-order valence-corrected chi connectivity index (χ4v) is 2.78. The van der Waals surface area contributed by atoms with Crippen molar-refractivity contribution < 1.29 is 14.3 Å². The Kier molecular flexibility index (Phi) is 6.87. The van der Waals surface area contributed by atoms with Gasteiger partial charge in [0.15, 0.2) is 0 Å². The van der Waals surface area contributed by atoms with E-state index in [0.717, 1.165) is 13.1 Å². The van der Waals surface area contributed by atoms with Crippen LogP contribution >= 0.6 is 0 Å². The van der Waals surface area contributed by atoms with E-state index in [4.69, 9.17) is 0 Å². The number of rotatable bonds is 5. The van der Waals surface area contributed by atoms with Crippen LogP contribution in [0.15, 0.2) is 24.3 Å². The molecule has 24 heavy (non-hydrogen) atoms. The Bertz CT molecular complexity index is 547. The molecule has 1 aliphatic heterocycles. The molecule has 0 aliphatic carbocycles. The molecule has 3 amide bonds. The SMILES string of the molecule is COC(=O)Nc1ccc(NC(=O)NCCN2CCCCC2C)cc1. The first kappa shape index (κ1) is 18.1. The van der Waals surface area contributed by atoms with Gasteiger partial charge in [0.05, 0.1) is 7.11 Å². The summed E-state index contributed by atoms with van der Waals surface area (Å²) in [6, 6.07) is 7.20. The molecule has 132 valence electrons. The largest absolute Gasteiger partial charge is 0.453 e. The second kappa shape index (κ2) is 9.12. The molecule has 1 saturated heterocycles. The average molecular weight is 334 g/mol. The molecule has 0 bridgehead atoms. The fraction of sp³-hybridized carbons (Fsp3) is 0.529. The van der Waals surface area contributed by atoms with E-state index in [9.17, 15) is 9.59 Å². The van der Waals surface area contributed by atoms with Gasteiger partial charge in [0.25, 0.3) is 0 Å². The van der Waals surface area contributed by atoms with E-state index in [1.807, 2.05) is 0 Å². The number of urea groups is 1. The molecule has 1 unspecified atom stereocenters. The molecule has 2 rings (SSSR count). The Morgan fingerprint density at radius 2 is 1.83 bits per heavy atom. The van der Waals surface area contributed by atoms with Crippen molar-refractivity contribution in [2.75, 3.05) is 37.4 Å². The molecular formula is C17H26N4O3. The van der Waals surface area contributed by atoms with Gasteiger partial charge in [0.1, 0.15) is 0 Å². The van der Waals surface area contributed by atoms with E-state index in [1.54, 1.807) is 24.3 Å². The van der Waals surface area contributed by atoms with Gasteiger partial charge in [-0.25, -0.2) is 9.59 Å². The number of hydrogen-bond acceptors (Lipinski definition) is 4. The number of amides is 3. The van der Waals surface area contributed by atoms with Gasteiger partial charge in [-0.1, -0.05) is 6.42 Å². The van der Waals surface area contributed by atoms with Crippen LogP contribution in [0.5, 0.6) is 0 Å². The van der Waals surface area contributed by atoms with Gasteiger partial charge in [-0.15, -0.1) is 0 Å². The predicted molar refractivity (Wildman–Crippen MR) is 94.4 cm³/mol. The van der Waals surface area contributed by atoms with Crippen molar-refractivity contribution in [2.45, 2.75) is 32.2 Å². The summed E-state index contributed by atoms with van der Waals surface area (Å²) < 4.78 is 4.52. The molecule has 0 radical (unpaired) electrons. The van der Waals surface area contributed by atoms with Crippen LogP contribution in [0.4, 0.5) is 21.0 Å². The molecule has 0 saturated carbocycles. The van der Waals surface area contributed by atoms with Gasteiger partial charge in [0, 0.05) is 30.5 Å². The van der Waals surface area contributed by atoms with Gasteiger partial charge in [-0.2, -0.15) is 0 Å². The van der Waals surface area contributed by atoms with Crippen LogP contribution in [0.2, 0.25) is 0 Å². The molecule has 1 atom stereocenters. The third-order valence-electron chi connectivity index (χ3n) is 4.20. The Labute approximate surface area is 142 Å². The van der Waals surface area contributed by atoms with Crippen molar-refractivity contribution in [3.63, 3.8) is 0 Å². The van der Waals surface area contributed by atoms with E-state index >= 15 is 0 Å². The van der Waals surface area contributed by atoms with Crippen LogP contribution in [0.25, 0.3) is 0 Å². The summed E-state index contributed by atoms with van der Waals surface area (Å²) in [6.45, 7) is 4.84. The first-order valence-corrected chi connectivity index (χ1v) is 8.32. The van der Waals surface area contributed by atoms with Gasteiger partial charge in [0.2, 0.25) is 0 Å². The summed E-state index contributed by atoms with van der Waals surface area (Å²) in [5, 5.41) is 8.20. The summed E-state index contributed by atoms with van der Waals surface area (Å²) in [4.78, 5) is 25.4. The van der Waals surface area contributed by atoms with Gasteiger partial charge >= 0.3 is 12.1 Å². The lowest BCUT2D eigenvalue weighted by Gasteiger charge is -2.33. The summed E-state index contributed by atoms with van der Waals surface area (Å²) in [5.41, 5.74) is 1.26. The number of benzene rings is 1. The van der Waals surface area contributed by atoms with Gasteiger partial charge < -0.3 is 15.4 Å². The number of nitrogens with zero attached hydrogens (tertiary/aromatic N) is 1. The molecule has 0 aromatic heterocycles. The maximum atomic E-state index is 11.9. The minimum atomic E-state index is -0.527. The number of methoxy groups -OCH3 is 1. The zero-order valence-electron chi connectivity index (χ0n) is 14.3. The quantitative estimate of drug-likeness (QED) is 0.773. The summed E-state index contributed by atoms with van der Waals surface area (Å²) in [6.07, 6.45) is 3.24. The number of nitrogens with one attached hydrogen (secondary N) is 3. The maximum Gasteiger partial charge on any atom is 0.411 e. The number of likely N-dealkylation sites (tertiary alicyclic amines) is 1. The molecule has 7 nitrogen and oxygen atoms in total. The van der Waals surface area contributed by atoms with Crippen LogP contribution in [-0.4, -0.2) is 49.8 Å². The van der Waals surface area contributed by atoms with Crippen molar-refractivity contribution in [2.24, 2.45) is 0 Å². The Morgan fingerprint density at radius 1 is 1.17 bits per heavy atom. The van der Waals surface area contributed by atoms with Crippen LogP contribution < -0.4 is 16.0 Å². The highest BCUT2D eigenvalue weighted by molar-refractivity contribution is 5.90. The Balaban J connectivity index is 1.71. The Hall–Kier alpha value is -2.28. The van der Waals surface area contributed by atoms with Crippen molar-refractivity contribution >= 4 is 23.5 Å². The van der Waals surface area contributed by atoms with E-state index < -0.39 is 6.09 Å². The third-order valence-corrected chi connectivity index (χ3v) is 4.20. The molecule has 1 aromatic carbocycles. The predicted octanol–water partition coefficient (Wildman–Crippen LogP) is 2.86. The van der Waals surface area contributed by atoms with E-state index in [2.05, 4.69) is 32.5 Å². The average Bonchev–Trinajstić information content (AvgIpc) is 2.58. The smallest absolute Gasteiger partial charge is 0.411 e. The lowest BCUT2D eigenvalue weighted by molar-refractivity contribution is 0.162. The summed E-state index contributed by atoms with van der Waals surface area (Å²) in [7, 11) is 1.31. The van der Waals surface area contributed by atoms with Crippen LogP contribution in [-0.2, 0) is 4.74 Å². The van der Waals surface area contributed by atoms with E-state index in [0.29, 0.717) is 24.0 Å². The molecule has 0 spiro atoms. The minimum absolute atomic E-state index is 0.228. The van der Waals surface area contributed by atoms with Gasteiger partial charge in [-0.3, -0.25) is 10.2 Å². The van der Waals surface area contributed by atoms with Crippen LogP contribution in [0, 0.1) is 0 Å². The molecular weight excluding hydrogens is 308 g/mol. The standard InChI is InChI=1S/C17H26N4O3/c1-13-5-3-4-11-21(13)12-10-18-16(22)19-14-6-8-15(9-7-14)20-17(23)24-2/h6-9,13H,3-5,10-12H2,1-2H3,(H,20,23)(H2,18,19,22). The van der Waals surface area contributed by atoms with Crippen molar-refractivity contribution in [3.05, 3.63) is 24.3 Å². The molecule has 1 fully saturated rings. The molecule has 7 heteroatoms. The zero-order chi connectivity index (χ0) is 17.4. The lowest BCUT2D eigenvalue weighted by atomic mass is 10.0. The number of anilines is 2. The highest BCUT2D eigenvalue weighted by atomic mass is 16.5. The number of ether oxygens (including phenoxy) is 1. The second-order valence-corrected chi connectivity index (χ2v) is 5.96. The van der Waals surface area contributed by atoms with Crippen LogP contribution in [0.1, 0.15) is 26.2 Å². The van der Waals surface area contributed by atoms with Crippen molar-refractivity contribution in [3.8, 4) is 0 Å². The highest BCUT2D eigenvalue weighted by Crippen LogP contribution is 2.15. The summed E-state index contributed by atoms with van der Waals surface area (Å²) >= 11 is 0. The summed E-state index contributed by atoms with van der Waals surface area (Å²) in [5.74, 6) is 0. The molecule has 1 heterocycles. The van der Waals surface area contributed by atoms with E-state index in [1.165, 1.54) is 26.4 Å². The van der Waals surface area contributed by atoms with Crippen molar-refractivity contribution in [1.29, 1.82) is 0 Å². The second-order valence-electron chi connectivity index (χ2n) is 5.96. The van der Waals surface area contributed by atoms with E-state index in [-0.39, 0.29) is 6.03 Å². The zero-order valence-corrected chi connectivity index (χ0v) is 14.3. The van der Waals surface area contributed by atoms with Gasteiger partial charge in [-0.05, 0) is 50.6 Å². The highest BCUT2D eigenvalue weighted by Gasteiger charge is 2.17. The first-order valence-electron chi connectivity index (χ1n) is 8.32. The van der Waals surface area contributed by atoms with Crippen molar-refractivity contribution in [1.82, 2.24) is 10.2 Å². The maximum absolute atomic E-state index is 11.9. The molecule has 3 N–H and O–H groups in total. The molecule has 1 aliphatic rings. The number of piperidine rings is 1. The monoisotopic (exact) mass is 334 g/mol.